The molecule has 0 spiro atoms. The lowest BCUT2D eigenvalue weighted by molar-refractivity contribution is -0.116. The van der Waals surface area contributed by atoms with Gasteiger partial charge in [0.05, 0.1) is 5.69 Å². The van der Waals surface area contributed by atoms with Crippen LogP contribution in [0.4, 0.5) is 10.1 Å². The Labute approximate surface area is 139 Å². The molecule has 0 atom stereocenters. The normalized spacial score (nSPS) is 10.4. The van der Waals surface area contributed by atoms with E-state index >= 15 is 0 Å². The van der Waals surface area contributed by atoms with Gasteiger partial charge in [-0.2, -0.15) is 0 Å². The smallest absolute Gasteiger partial charge is 0.224 e. The molecular formula is C18H17ClFNO2. The fourth-order valence-corrected chi connectivity index (χ4v) is 2.25. The van der Waals surface area contributed by atoms with Crippen molar-refractivity contribution in [3.63, 3.8) is 0 Å². The van der Waals surface area contributed by atoms with Crippen LogP contribution in [0.3, 0.4) is 0 Å². The maximum absolute atomic E-state index is 13.6. The molecule has 23 heavy (non-hydrogen) atoms. The molecule has 120 valence electrons. The van der Waals surface area contributed by atoms with Crippen molar-refractivity contribution in [2.75, 3.05) is 5.32 Å². The molecule has 0 aliphatic carbocycles. The minimum Gasteiger partial charge on any atom is -0.324 e. The van der Waals surface area contributed by atoms with E-state index < -0.39 is 11.7 Å². The van der Waals surface area contributed by atoms with Crippen LogP contribution in [0.15, 0.2) is 36.4 Å². The van der Waals surface area contributed by atoms with Gasteiger partial charge < -0.3 is 5.32 Å². The van der Waals surface area contributed by atoms with Crippen LogP contribution in [0.1, 0.15) is 34.3 Å². The molecule has 2 aromatic carbocycles. The number of carbonyl (C=O) groups excluding carboxylic acids is 2. The molecule has 3 nitrogen and oxygen atoms in total. The predicted octanol–water partition coefficient (Wildman–Crippen LogP) is 4.70. The number of ketones is 1. The fraction of sp³-hybridized carbons (Fsp3) is 0.222. The van der Waals surface area contributed by atoms with Crippen LogP contribution in [0.25, 0.3) is 0 Å². The highest BCUT2D eigenvalue weighted by molar-refractivity contribution is 6.30. The van der Waals surface area contributed by atoms with E-state index in [4.69, 9.17) is 11.6 Å². The molecule has 0 radical (unpaired) electrons. The molecule has 0 saturated heterocycles. The van der Waals surface area contributed by atoms with Gasteiger partial charge in [0.25, 0.3) is 0 Å². The molecule has 0 bridgehead atoms. The second-order valence-corrected chi connectivity index (χ2v) is 5.83. The molecule has 0 saturated carbocycles. The van der Waals surface area contributed by atoms with Gasteiger partial charge in [-0.3, -0.25) is 9.59 Å². The number of amides is 1. The zero-order valence-corrected chi connectivity index (χ0v) is 13.7. The summed E-state index contributed by atoms with van der Waals surface area (Å²) in [6.45, 7) is 3.90. The molecular weight excluding hydrogens is 317 g/mol. The Hall–Kier alpha value is -2.20. The minimum atomic E-state index is -0.605. The van der Waals surface area contributed by atoms with E-state index in [0.717, 1.165) is 17.2 Å². The summed E-state index contributed by atoms with van der Waals surface area (Å²) in [5.74, 6) is -1.13. The second-order valence-electron chi connectivity index (χ2n) is 5.39. The summed E-state index contributed by atoms with van der Waals surface area (Å²) >= 11 is 5.65. The summed E-state index contributed by atoms with van der Waals surface area (Å²) in [4.78, 5) is 23.9. The molecule has 0 aromatic heterocycles. The molecule has 0 heterocycles. The number of hydrogen-bond donors (Lipinski definition) is 1. The topological polar surface area (TPSA) is 46.2 Å². The zero-order valence-electron chi connectivity index (χ0n) is 13.0. The summed E-state index contributed by atoms with van der Waals surface area (Å²) in [7, 11) is 0. The first kappa shape index (κ1) is 17.2. The third kappa shape index (κ3) is 4.63. The maximum atomic E-state index is 13.6. The Morgan fingerprint density at radius 3 is 2.43 bits per heavy atom. The van der Waals surface area contributed by atoms with Crippen LogP contribution in [-0.4, -0.2) is 11.7 Å². The van der Waals surface area contributed by atoms with Crippen molar-refractivity contribution in [1.82, 2.24) is 0 Å². The SMILES string of the molecule is Cc1ccc(C(=O)CCC(=O)Nc2ccc(Cl)cc2F)cc1C. The van der Waals surface area contributed by atoms with Gasteiger partial charge in [0, 0.05) is 23.4 Å². The van der Waals surface area contributed by atoms with Crippen molar-refractivity contribution in [3.05, 3.63) is 63.9 Å². The van der Waals surface area contributed by atoms with Gasteiger partial charge in [-0.25, -0.2) is 4.39 Å². The molecule has 0 aliphatic rings. The lowest BCUT2D eigenvalue weighted by Crippen LogP contribution is -2.14. The van der Waals surface area contributed by atoms with Crippen molar-refractivity contribution in [1.29, 1.82) is 0 Å². The predicted molar refractivity (Wildman–Crippen MR) is 89.5 cm³/mol. The molecule has 0 aliphatic heterocycles. The third-order valence-electron chi connectivity index (χ3n) is 3.61. The monoisotopic (exact) mass is 333 g/mol. The van der Waals surface area contributed by atoms with Gasteiger partial charge in [-0.1, -0.05) is 23.7 Å². The summed E-state index contributed by atoms with van der Waals surface area (Å²) in [6, 6.07) is 9.44. The van der Waals surface area contributed by atoms with Crippen molar-refractivity contribution >= 4 is 29.0 Å². The van der Waals surface area contributed by atoms with Crippen LogP contribution in [0, 0.1) is 19.7 Å². The molecule has 5 heteroatoms. The van der Waals surface area contributed by atoms with E-state index in [1.165, 1.54) is 12.1 Å². The number of hydrogen-bond acceptors (Lipinski definition) is 2. The van der Waals surface area contributed by atoms with Gasteiger partial charge >= 0.3 is 0 Å². The number of halogens is 2. The molecule has 2 aromatic rings. The Balaban J connectivity index is 1.93. The van der Waals surface area contributed by atoms with Crippen LogP contribution in [-0.2, 0) is 4.79 Å². The highest BCUT2D eigenvalue weighted by Gasteiger charge is 2.12. The zero-order chi connectivity index (χ0) is 17.0. The van der Waals surface area contributed by atoms with E-state index in [1.54, 1.807) is 6.07 Å². The van der Waals surface area contributed by atoms with E-state index in [-0.39, 0.29) is 29.3 Å². The van der Waals surface area contributed by atoms with Crippen LogP contribution < -0.4 is 5.32 Å². The third-order valence-corrected chi connectivity index (χ3v) is 3.85. The standard InChI is InChI=1S/C18H17ClFNO2/c1-11-3-4-13(9-12(11)2)17(22)7-8-18(23)21-16-6-5-14(19)10-15(16)20/h3-6,9-10H,7-8H2,1-2H3,(H,21,23). The Bertz CT molecular complexity index is 759. The Morgan fingerprint density at radius 1 is 1.04 bits per heavy atom. The highest BCUT2D eigenvalue weighted by Crippen LogP contribution is 2.19. The lowest BCUT2D eigenvalue weighted by atomic mass is 10.0. The molecule has 2 rings (SSSR count). The second kappa shape index (κ2) is 7.38. The first-order chi connectivity index (χ1) is 10.9. The van der Waals surface area contributed by atoms with Gasteiger partial charge in [0.1, 0.15) is 5.82 Å². The Kier molecular flexibility index (Phi) is 5.50. The summed E-state index contributed by atoms with van der Waals surface area (Å²) in [5, 5.41) is 2.69. The maximum Gasteiger partial charge on any atom is 0.224 e. The van der Waals surface area contributed by atoms with E-state index in [1.807, 2.05) is 26.0 Å². The number of carbonyl (C=O) groups is 2. The van der Waals surface area contributed by atoms with Crippen molar-refractivity contribution in [2.45, 2.75) is 26.7 Å². The first-order valence-corrected chi connectivity index (χ1v) is 7.60. The minimum absolute atomic E-state index is 0.00613. The summed E-state index contributed by atoms with van der Waals surface area (Å²) in [5.41, 5.74) is 2.78. The number of anilines is 1. The van der Waals surface area contributed by atoms with Crippen LogP contribution in [0.2, 0.25) is 5.02 Å². The van der Waals surface area contributed by atoms with E-state index in [9.17, 15) is 14.0 Å². The average Bonchev–Trinajstić information content (AvgIpc) is 2.50. The molecule has 1 N–H and O–H groups in total. The van der Waals surface area contributed by atoms with Crippen LogP contribution >= 0.6 is 11.6 Å². The Morgan fingerprint density at radius 2 is 1.78 bits per heavy atom. The van der Waals surface area contributed by atoms with Gasteiger partial charge in [0.15, 0.2) is 5.78 Å². The number of nitrogens with one attached hydrogen (secondary N) is 1. The first-order valence-electron chi connectivity index (χ1n) is 7.22. The average molecular weight is 334 g/mol. The number of aryl methyl sites for hydroxylation is 2. The summed E-state index contributed by atoms with van der Waals surface area (Å²) < 4.78 is 13.6. The van der Waals surface area contributed by atoms with Gasteiger partial charge in [-0.15, -0.1) is 0 Å². The number of benzene rings is 2. The number of Topliss-reactive ketones (excluding diaryl/α,β-unsaturated/α-hetero) is 1. The highest BCUT2D eigenvalue weighted by atomic mass is 35.5. The number of rotatable bonds is 5. The lowest BCUT2D eigenvalue weighted by Gasteiger charge is -2.07. The molecule has 0 fully saturated rings. The molecule has 1 amide bonds. The van der Waals surface area contributed by atoms with E-state index in [0.29, 0.717) is 5.56 Å². The van der Waals surface area contributed by atoms with Gasteiger partial charge in [0.2, 0.25) is 5.91 Å². The summed E-state index contributed by atoms with van der Waals surface area (Å²) in [6.07, 6.45) is 0.0668. The van der Waals surface area contributed by atoms with Crippen molar-refractivity contribution in [3.8, 4) is 0 Å². The fourth-order valence-electron chi connectivity index (χ4n) is 2.09. The largest absolute Gasteiger partial charge is 0.324 e. The van der Waals surface area contributed by atoms with Crippen molar-refractivity contribution in [2.24, 2.45) is 0 Å². The van der Waals surface area contributed by atoms with E-state index in [2.05, 4.69) is 5.32 Å². The quantitative estimate of drug-likeness (QED) is 0.806. The van der Waals surface area contributed by atoms with Gasteiger partial charge in [-0.05, 0) is 49.2 Å². The van der Waals surface area contributed by atoms with Crippen LogP contribution in [0.5, 0.6) is 0 Å². The molecule has 0 unspecified atom stereocenters. The van der Waals surface area contributed by atoms with Crippen molar-refractivity contribution < 1.29 is 14.0 Å².